The Morgan fingerprint density at radius 2 is 2.03 bits per heavy atom. The number of aliphatic carboxylic acids is 1. The summed E-state index contributed by atoms with van der Waals surface area (Å²) in [7, 11) is 0. The van der Waals surface area contributed by atoms with Crippen molar-refractivity contribution in [1.82, 2.24) is 9.55 Å². The fourth-order valence-corrected chi connectivity index (χ4v) is 4.85. The van der Waals surface area contributed by atoms with Crippen LogP contribution >= 0.6 is 0 Å². The molecule has 0 bridgehead atoms. The van der Waals surface area contributed by atoms with E-state index in [0.717, 1.165) is 33.7 Å². The van der Waals surface area contributed by atoms with Crippen molar-refractivity contribution < 1.29 is 24.5 Å². The zero-order chi connectivity index (χ0) is 23.5. The van der Waals surface area contributed by atoms with Gasteiger partial charge in [-0.3, -0.25) is 4.79 Å². The van der Waals surface area contributed by atoms with E-state index in [1.165, 1.54) is 6.08 Å². The molecule has 168 valence electrons. The number of hydrogen-bond donors (Lipinski definition) is 2. The molecule has 1 aromatic carbocycles. The summed E-state index contributed by atoms with van der Waals surface area (Å²) in [5.74, 6) is -1.77. The number of benzene rings is 1. The zero-order valence-corrected chi connectivity index (χ0v) is 18.2. The van der Waals surface area contributed by atoms with Gasteiger partial charge in [-0.1, -0.05) is 19.9 Å². The van der Waals surface area contributed by atoms with Gasteiger partial charge in [-0.15, -0.1) is 0 Å². The number of nitrogens with zero attached hydrogens (tertiary/aromatic N) is 2. The maximum Gasteiger partial charge on any atom is 0.343 e. The van der Waals surface area contributed by atoms with Gasteiger partial charge in [-0.2, -0.15) is 0 Å². The van der Waals surface area contributed by atoms with Crippen LogP contribution in [0, 0.1) is 0 Å². The topological polar surface area (TPSA) is 119 Å². The molecule has 8 nitrogen and oxygen atoms in total. The lowest BCUT2D eigenvalue weighted by atomic mass is 9.86. The van der Waals surface area contributed by atoms with Gasteiger partial charge in [0.25, 0.3) is 5.56 Å². The molecule has 2 aliphatic rings. The number of aromatic nitrogens is 2. The lowest BCUT2D eigenvalue weighted by Gasteiger charge is -2.31. The van der Waals surface area contributed by atoms with E-state index in [0.29, 0.717) is 35.5 Å². The predicted octanol–water partition coefficient (Wildman–Crippen LogP) is 2.74. The molecule has 0 saturated heterocycles. The average molecular weight is 446 g/mol. The van der Waals surface area contributed by atoms with Crippen LogP contribution in [0.25, 0.3) is 28.4 Å². The average Bonchev–Trinajstić information content (AvgIpc) is 3.17. The van der Waals surface area contributed by atoms with Crippen molar-refractivity contribution in [2.45, 2.75) is 45.4 Å². The highest BCUT2D eigenvalue weighted by molar-refractivity contribution is 5.92. The summed E-state index contributed by atoms with van der Waals surface area (Å²) < 4.78 is 6.74. The van der Waals surface area contributed by atoms with Crippen molar-refractivity contribution in [2.24, 2.45) is 0 Å². The monoisotopic (exact) mass is 446 g/mol. The highest BCUT2D eigenvalue weighted by Gasteiger charge is 2.45. The number of ether oxygens (including phenoxy) is 1. The fraction of sp³-hybridized carbons (Fsp3) is 0.280. The molecule has 1 atom stereocenters. The minimum atomic E-state index is -1.86. The number of cyclic esters (lactones) is 1. The number of carbonyl (C=O) groups excluding carboxylic acids is 1. The Bertz CT molecular complexity index is 1450. The molecule has 0 radical (unpaired) electrons. The molecule has 0 fully saturated rings. The van der Waals surface area contributed by atoms with Crippen LogP contribution in [0.2, 0.25) is 0 Å². The molecule has 2 aliphatic heterocycles. The van der Waals surface area contributed by atoms with Crippen LogP contribution in [0.15, 0.2) is 35.1 Å². The highest BCUT2D eigenvalue weighted by Crippen LogP contribution is 2.40. The number of hydrogen-bond acceptors (Lipinski definition) is 6. The van der Waals surface area contributed by atoms with Crippen LogP contribution in [0.5, 0.6) is 0 Å². The Labute approximate surface area is 188 Å². The summed E-state index contributed by atoms with van der Waals surface area (Å²) in [6.07, 6.45) is 3.40. The molecule has 2 aromatic heterocycles. The molecule has 0 amide bonds. The van der Waals surface area contributed by atoms with Crippen molar-refractivity contribution in [3.05, 3.63) is 68.5 Å². The summed E-state index contributed by atoms with van der Waals surface area (Å²) >= 11 is 0. The quantitative estimate of drug-likeness (QED) is 0.365. The van der Waals surface area contributed by atoms with Crippen molar-refractivity contribution in [2.75, 3.05) is 0 Å². The number of carbonyl (C=O) groups is 2. The first-order valence-corrected chi connectivity index (χ1v) is 10.8. The van der Waals surface area contributed by atoms with Crippen molar-refractivity contribution in [1.29, 1.82) is 0 Å². The van der Waals surface area contributed by atoms with Gasteiger partial charge in [0.1, 0.15) is 6.61 Å². The maximum absolute atomic E-state index is 13.3. The predicted molar refractivity (Wildman–Crippen MR) is 121 cm³/mol. The minimum Gasteiger partial charge on any atom is -0.478 e. The number of aryl methyl sites for hydroxylation is 1. The number of rotatable bonds is 4. The molecule has 0 spiro atoms. The van der Waals surface area contributed by atoms with E-state index in [1.54, 1.807) is 23.6 Å². The normalized spacial score (nSPS) is 18.8. The van der Waals surface area contributed by atoms with E-state index in [2.05, 4.69) is 0 Å². The van der Waals surface area contributed by atoms with Crippen LogP contribution < -0.4 is 5.56 Å². The van der Waals surface area contributed by atoms with Gasteiger partial charge in [-0.05, 0) is 48.2 Å². The van der Waals surface area contributed by atoms with Crippen molar-refractivity contribution in [3.8, 4) is 11.4 Å². The minimum absolute atomic E-state index is 0.0899. The molecule has 33 heavy (non-hydrogen) atoms. The van der Waals surface area contributed by atoms with Crippen LogP contribution in [-0.2, 0) is 39.5 Å². The summed E-state index contributed by atoms with van der Waals surface area (Å²) in [5, 5.41) is 20.8. The molecular weight excluding hydrogens is 424 g/mol. The summed E-state index contributed by atoms with van der Waals surface area (Å²) in [4.78, 5) is 41.4. The van der Waals surface area contributed by atoms with Crippen LogP contribution in [0.3, 0.4) is 0 Å². The lowest BCUT2D eigenvalue weighted by Crippen LogP contribution is -2.44. The first-order valence-electron chi connectivity index (χ1n) is 10.8. The third-order valence-corrected chi connectivity index (χ3v) is 6.60. The van der Waals surface area contributed by atoms with Crippen molar-refractivity contribution >= 4 is 28.9 Å². The Morgan fingerprint density at radius 3 is 2.73 bits per heavy atom. The first kappa shape index (κ1) is 21.1. The molecular formula is C25H22N2O6. The van der Waals surface area contributed by atoms with Gasteiger partial charge in [0.15, 0.2) is 5.60 Å². The number of pyridine rings is 2. The fourth-order valence-electron chi connectivity index (χ4n) is 4.85. The number of aliphatic hydroxyl groups is 1. The number of carboxylic acids is 1. The summed E-state index contributed by atoms with van der Waals surface area (Å²) in [6.45, 7) is 3.86. The lowest BCUT2D eigenvalue weighted by molar-refractivity contribution is -0.172. The zero-order valence-electron chi connectivity index (χ0n) is 18.2. The summed E-state index contributed by atoms with van der Waals surface area (Å²) in [6, 6.07) is 7.23. The van der Waals surface area contributed by atoms with E-state index in [-0.39, 0.29) is 18.6 Å². The molecule has 8 heteroatoms. The van der Waals surface area contributed by atoms with E-state index < -0.39 is 17.5 Å². The smallest absolute Gasteiger partial charge is 0.343 e. The second-order valence-electron chi connectivity index (χ2n) is 8.32. The molecule has 4 heterocycles. The highest BCUT2D eigenvalue weighted by atomic mass is 16.6. The molecule has 0 aliphatic carbocycles. The second kappa shape index (κ2) is 7.38. The molecule has 3 aromatic rings. The number of esters is 1. The van der Waals surface area contributed by atoms with Gasteiger partial charge in [0.05, 0.1) is 29.0 Å². The molecule has 2 N–H and O–H groups in total. The van der Waals surface area contributed by atoms with Crippen LogP contribution in [0.1, 0.15) is 48.1 Å². The van der Waals surface area contributed by atoms with E-state index in [1.807, 2.05) is 19.1 Å². The summed E-state index contributed by atoms with van der Waals surface area (Å²) in [5.41, 5.74) is 3.06. The molecule has 5 rings (SSSR count). The standard InChI is InChI=1S/C25H22N2O6/c1-3-14-15-9-13(6-8-21(28)29)5-7-19(15)26-22-16(14)11-27-20(22)10-18-17(23(27)30)12-33-24(31)25(18,32)4-2/h5-10,32H,3-4,11-12H2,1-2H3,(H,28,29)/t25-/m0/s1. The Morgan fingerprint density at radius 1 is 1.24 bits per heavy atom. The van der Waals surface area contributed by atoms with Crippen LogP contribution in [0.4, 0.5) is 0 Å². The van der Waals surface area contributed by atoms with Crippen LogP contribution in [-0.4, -0.2) is 31.7 Å². The molecule has 0 unspecified atom stereocenters. The van der Waals surface area contributed by atoms with Gasteiger partial charge < -0.3 is 19.5 Å². The van der Waals surface area contributed by atoms with Crippen molar-refractivity contribution in [3.63, 3.8) is 0 Å². The van der Waals surface area contributed by atoms with E-state index in [9.17, 15) is 19.5 Å². The SMILES string of the molecule is CCc1c2c(nc3ccc(C=CC(=O)O)cc13)-c1cc3c(c(=O)n1C2)COC(=O)[C@]3(O)CC. The number of fused-ring (bicyclic) bond motifs is 5. The first-order chi connectivity index (χ1) is 15.8. The number of carboxylic acid groups (broad SMARTS) is 1. The van der Waals surface area contributed by atoms with Gasteiger partial charge in [-0.25, -0.2) is 14.6 Å². The van der Waals surface area contributed by atoms with Gasteiger partial charge in [0, 0.05) is 22.6 Å². The van der Waals surface area contributed by atoms with E-state index >= 15 is 0 Å². The third-order valence-electron chi connectivity index (χ3n) is 6.60. The second-order valence-corrected chi connectivity index (χ2v) is 8.32. The largest absolute Gasteiger partial charge is 0.478 e. The van der Waals surface area contributed by atoms with Gasteiger partial charge in [0.2, 0.25) is 0 Å². The Hall–Kier alpha value is -3.78. The van der Waals surface area contributed by atoms with Gasteiger partial charge >= 0.3 is 11.9 Å². The third kappa shape index (κ3) is 3.01. The Balaban J connectivity index is 1.75. The van der Waals surface area contributed by atoms with E-state index in [4.69, 9.17) is 14.8 Å². The molecule has 0 saturated carbocycles. The maximum atomic E-state index is 13.3. The Kier molecular flexibility index (Phi) is 4.72.